The van der Waals surface area contributed by atoms with Crippen LogP contribution >= 0.6 is 0 Å². The average Bonchev–Trinajstić information content (AvgIpc) is 2.65. The van der Waals surface area contributed by atoms with Crippen molar-refractivity contribution in [2.45, 2.75) is 6.10 Å². The molecular formula is C22H16O2. The van der Waals surface area contributed by atoms with Crippen LogP contribution in [0.4, 0.5) is 0 Å². The first-order valence-electron chi connectivity index (χ1n) is 7.95. The summed E-state index contributed by atoms with van der Waals surface area (Å²) < 4.78 is 6.18. The summed E-state index contributed by atoms with van der Waals surface area (Å²) >= 11 is 0. The Hall–Kier alpha value is -3.13. The topological polar surface area (TPSA) is 26.3 Å². The maximum absolute atomic E-state index is 13.1. The fraction of sp³-hybridized carbons (Fsp3) is 0.0455. The minimum absolute atomic E-state index is 0.0227. The second kappa shape index (κ2) is 6.17. The molecule has 0 saturated carbocycles. The van der Waals surface area contributed by atoms with Crippen LogP contribution in [0.25, 0.3) is 6.08 Å². The standard InChI is InChI=1S/C22H16O2/c23-21-18-13-7-8-14-20(18)24-22(17-11-5-2-6-12-17)19(21)15-16-9-3-1-4-10-16/h1-15,22H/b19-15-/t22-/m1/s1. The maximum atomic E-state index is 13.1. The Kier molecular flexibility index (Phi) is 3.72. The number of para-hydroxylation sites is 1. The van der Waals surface area contributed by atoms with Gasteiger partial charge in [-0.3, -0.25) is 4.79 Å². The highest BCUT2D eigenvalue weighted by Gasteiger charge is 2.32. The lowest BCUT2D eigenvalue weighted by Gasteiger charge is -2.28. The van der Waals surface area contributed by atoms with E-state index in [1.165, 1.54) is 0 Å². The molecule has 0 radical (unpaired) electrons. The van der Waals surface area contributed by atoms with Gasteiger partial charge in [0, 0.05) is 5.57 Å². The molecule has 3 aromatic rings. The minimum Gasteiger partial charge on any atom is -0.480 e. The number of fused-ring (bicyclic) bond motifs is 1. The van der Waals surface area contributed by atoms with Gasteiger partial charge in [-0.2, -0.15) is 0 Å². The molecule has 0 aliphatic carbocycles. The summed E-state index contributed by atoms with van der Waals surface area (Å²) in [4.78, 5) is 13.1. The molecule has 0 fully saturated rings. The van der Waals surface area contributed by atoms with Gasteiger partial charge in [0.25, 0.3) is 0 Å². The summed E-state index contributed by atoms with van der Waals surface area (Å²) in [5.74, 6) is 0.663. The summed E-state index contributed by atoms with van der Waals surface area (Å²) in [5.41, 5.74) is 3.24. The number of Topliss-reactive ketones (excluding diaryl/α,β-unsaturated/α-hetero) is 1. The van der Waals surface area contributed by atoms with E-state index in [1.807, 2.05) is 91.0 Å². The zero-order valence-electron chi connectivity index (χ0n) is 13.1. The first-order valence-corrected chi connectivity index (χ1v) is 7.95. The zero-order valence-corrected chi connectivity index (χ0v) is 13.1. The third kappa shape index (κ3) is 2.63. The molecule has 0 amide bonds. The van der Waals surface area contributed by atoms with E-state index in [4.69, 9.17) is 4.74 Å². The Labute approximate surface area is 141 Å². The number of hydrogen-bond acceptors (Lipinski definition) is 2. The predicted molar refractivity (Wildman–Crippen MR) is 95.0 cm³/mol. The van der Waals surface area contributed by atoms with Crippen LogP contribution in [0, 0.1) is 0 Å². The maximum Gasteiger partial charge on any atom is 0.196 e. The molecular weight excluding hydrogens is 296 g/mol. The van der Waals surface area contributed by atoms with Crippen LogP contribution < -0.4 is 4.74 Å². The van der Waals surface area contributed by atoms with Gasteiger partial charge in [-0.15, -0.1) is 0 Å². The smallest absolute Gasteiger partial charge is 0.196 e. The van der Waals surface area contributed by atoms with Crippen molar-refractivity contribution in [1.82, 2.24) is 0 Å². The van der Waals surface area contributed by atoms with Crippen molar-refractivity contribution >= 4 is 11.9 Å². The molecule has 3 aromatic carbocycles. The number of hydrogen-bond donors (Lipinski definition) is 0. The normalized spacial score (nSPS) is 18.1. The van der Waals surface area contributed by atoms with Crippen LogP contribution in [0.2, 0.25) is 0 Å². The van der Waals surface area contributed by atoms with E-state index >= 15 is 0 Å². The molecule has 2 nitrogen and oxygen atoms in total. The summed E-state index contributed by atoms with van der Waals surface area (Å²) in [7, 11) is 0. The van der Waals surface area contributed by atoms with E-state index in [0.717, 1.165) is 11.1 Å². The molecule has 1 atom stereocenters. The SMILES string of the molecule is O=C1/C(=C/c2ccccc2)[C@@H](c2ccccc2)Oc2ccccc21. The number of rotatable bonds is 2. The largest absolute Gasteiger partial charge is 0.480 e. The van der Waals surface area contributed by atoms with Crippen LogP contribution in [-0.2, 0) is 0 Å². The quantitative estimate of drug-likeness (QED) is 0.616. The molecule has 1 aliphatic heterocycles. The Morgan fingerprint density at radius 3 is 2.12 bits per heavy atom. The molecule has 0 unspecified atom stereocenters. The number of benzene rings is 3. The molecule has 0 bridgehead atoms. The van der Waals surface area contributed by atoms with Crippen LogP contribution in [0.1, 0.15) is 27.6 Å². The fourth-order valence-electron chi connectivity index (χ4n) is 2.97. The van der Waals surface area contributed by atoms with Crippen molar-refractivity contribution in [1.29, 1.82) is 0 Å². The molecule has 0 spiro atoms. The Morgan fingerprint density at radius 1 is 0.750 bits per heavy atom. The van der Waals surface area contributed by atoms with Gasteiger partial charge in [0.1, 0.15) is 5.75 Å². The van der Waals surface area contributed by atoms with Gasteiger partial charge >= 0.3 is 0 Å². The summed E-state index contributed by atoms with van der Waals surface area (Å²) in [6.07, 6.45) is 1.53. The Morgan fingerprint density at radius 2 is 1.38 bits per heavy atom. The average molecular weight is 312 g/mol. The van der Waals surface area contributed by atoms with Gasteiger partial charge in [0.2, 0.25) is 0 Å². The summed E-state index contributed by atoms with van der Waals surface area (Å²) in [6.45, 7) is 0. The lowest BCUT2D eigenvalue weighted by atomic mass is 9.89. The Bertz CT molecular complexity index is 896. The molecule has 4 rings (SSSR count). The lowest BCUT2D eigenvalue weighted by molar-refractivity contribution is 0.0963. The van der Waals surface area contributed by atoms with E-state index in [2.05, 4.69) is 0 Å². The van der Waals surface area contributed by atoms with Crippen molar-refractivity contribution in [2.24, 2.45) is 0 Å². The highest BCUT2D eigenvalue weighted by Crippen LogP contribution is 2.39. The molecule has 116 valence electrons. The van der Waals surface area contributed by atoms with Gasteiger partial charge in [-0.25, -0.2) is 0 Å². The third-order valence-corrected chi connectivity index (χ3v) is 4.15. The van der Waals surface area contributed by atoms with Gasteiger partial charge in [0.15, 0.2) is 11.9 Å². The highest BCUT2D eigenvalue weighted by atomic mass is 16.5. The van der Waals surface area contributed by atoms with Crippen LogP contribution in [0.3, 0.4) is 0 Å². The predicted octanol–water partition coefficient (Wildman–Crippen LogP) is 5.09. The number of ketones is 1. The van der Waals surface area contributed by atoms with Crippen molar-refractivity contribution in [3.8, 4) is 5.75 Å². The molecule has 0 saturated heterocycles. The Balaban J connectivity index is 1.87. The van der Waals surface area contributed by atoms with Crippen LogP contribution in [-0.4, -0.2) is 5.78 Å². The van der Waals surface area contributed by atoms with Gasteiger partial charge in [0.05, 0.1) is 5.56 Å². The first-order chi connectivity index (χ1) is 11.8. The van der Waals surface area contributed by atoms with Crippen LogP contribution in [0.5, 0.6) is 5.75 Å². The second-order valence-electron chi connectivity index (χ2n) is 5.74. The lowest BCUT2D eigenvalue weighted by Crippen LogP contribution is -2.23. The number of carbonyl (C=O) groups excluding carboxylic acids is 1. The van der Waals surface area contributed by atoms with Crippen LogP contribution in [0.15, 0.2) is 90.5 Å². The highest BCUT2D eigenvalue weighted by molar-refractivity contribution is 6.14. The van der Waals surface area contributed by atoms with Crippen molar-refractivity contribution < 1.29 is 9.53 Å². The molecule has 2 heteroatoms. The monoisotopic (exact) mass is 312 g/mol. The molecule has 0 N–H and O–H groups in total. The minimum atomic E-state index is -0.395. The van der Waals surface area contributed by atoms with E-state index in [1.54, 1.807) is 0 Å². The van der Waals surface area contributed by atoms with E-state index in [-0.39, 0.29) is 5.78 Å². The second-order valence-corrected chi connectivity index (χ2v) is 5.74. The van der Waals surface area contributed by atoms with Crippen molar-refractivity contribution in [3.63, 3.8) is 0 Å². The fourth-order valence-corrected chi connectivity index (χ4v) is 2.97. The number of ether oxygens (including phenoxy) is 1. The van der Waals surface area contributed by atoms with Crippen molar-refractivity contribution in [2.75, 3.05) is 0 Å². The van der Waals surface area contributed by atoms with Gasteiger partial charge in [-0.1, -0.05) is 72.8 Å². The summed E-state index contributed by atoms with van der Waals surface area (Å²) in [5, 5.41) is 0. The zero-order chi connectivity index (χ0) is 16.4. The van der Waals surface area contributed by atoms with E-state index in [9.17, 15) is 4.79 Å². The third-order valence-electron chi connectivity index (χ3n) is 4.15. The first kappa shape index (κ1) is 14.5. The molecule has 1 heterocycles. The molecule has 1 aliphatic rings. The van der Waals surface area contributed by atoms with Gasteiger partial charge in [-0.05, 0) is 29.3 Å². The van der Waals surface area contributed by atoms with Gasteiger partial charge < -0.3 is 4.74 Å². The molecule has 24 heavy (non-hydrogen) atoms. The van der Waals surface area contributed by atoms with Crippen molar-refractivity contribution in [3.05, 3.63) is 107 Å². The molecule has 0 aromatic heterocycles. The van der Waals surface area contributed by atoms with E-state index in [0.29, 0.717) is 16.9 Å². The summed E-state index contributed by atoms with van der Waals surface area (Å²) in [6, 6.07) is 27.2. The van der Waals surface area contributed by atoms with E-state index < -0.39 is 6.10 Å². The number of carbonyl (C=O) groups is 1.